The molecule has 1 aromatic heterocycles. The molecule has 1 saturated heterocycles. The molecule has 4 unspecified atom stereocenters. The molecule has 18 heavy (non-hydrogen) atoms. The molecular weight excluding hydrogens is 348 g/mol. The molecular formula is C12H19BrN2S3. The van der Waals surface area contributed by atoms with Gasteiger partial charge in [0.15, 0.2) is 0 Å². The largest absolute Gasteiger partial charge is 0.271 e. The van der Waals surface area contributed by atoms with Crippen LogP contribution in [0.4, 0.5) is 0 Å². The highest BCUT2D eigenvalue weighted by atomic mass is 79.9. The number of hydrogen-bond donors (Lipinski definition) is 2. The van der Waals surface area contributed by atoms with Crippen molar-refractivity contribution in [2.24, 2.45) is 5.84 Å². The molecule has 0 saturated carbocycles. The minimum absolute atomic E-state index is 0.354. The van der Waals surface area contributed by atoms with E-state index in [2.05, 4.69) is 70.2 Å². The van der Waals surface area contributed by atoms with E-state index in [1.807, 2.05) is 0 Å². The standard InChI is InChI=1S/C12H19BrN2S3/c1-7-8(2)18-12(6-17-7)10(15-14)5-11-9(13)3-4-16-11/h3-4,7-8,10,12,15H,5-6,14H2,1-2H3. The Balaban J connectivity index is 1.99. The topological polar surface area (TPSA) is 38.0 Å². The van der Waals surface area contributed by atoms with Gasteiger partial charge in [-0.25, -0.2) is 0 Å². The Morgan fingerprint density at radius 3 is 2.83 bits per heavy atom. The summed E-state index contributed by atoms with van der Waals surface area (Å²) in [5, 5.41) is 4.18. The molecule has 2 heterocycles. The van der Waals surface area contributed by atoms with Gasteiger partial charge in [0.2, 0.25) is 0 Å². The highest BCUT2D eigenvalue weighted by Gasteiger charge is 2.31. The van der Waals surface area contributed by atoms with E-state index >= 15 is 0 Å². The average Bonchev–Trinajstić information content (AvgIpc) is 2.75. The van der Waals surface area contributed by atoms with Crippen molar-refractivity contribution in [1.29, 1.82) is 0 Å². The van der Waals surface area contributed by atoms with Gasteiger partial charge < -0.3 is 0 Å². The molecule has 0 radical (unpaired) electrons. The van der Waals surface area contributed by atoms with Crippen LogP contribution < -0.4 is 11.3 Å². The Morgan fingerprint density at radius 1 is 1.50 bits per heavy atom. The van der Waals surface area contributed by atoms with E-state index in [9.17, 15) is 0 Å². The molecule has 4 atom stereocenters. The van der Waals surface area contributed by atoms with Crippen LogP contribution in [-0.4, -0.2) is 27.5 Å². The Bertz CT molecular complexity index is 385. The molecule has 0 aliphatic carbocycles. The van der Waals surface area contributed by atoms with E-state index in [0.717, 1.165) is 11.7 Å². The maximum absolute atomic E-state index is 5.77. The fourth-order valence-corrected chi connectivity index (χ4v) is 6.67. The van der Waals surface area contributed by atoms with E-state index in [4.69, 9.17) is 5.84 Å². The third-order valence-corrected chi connectivity index (χ3v) is 8.83. The second-order valence-corrected chi connectivity index (χ2v) is 9.47. The summed E-state index contributed by atoms with van der Waals surface area (Å²) in [6, 6.07) is 2.47. The zero-order chi connectivity index (χ0) is 13.1. The summed E-state index contributed by atoms with van der Waals surface area (Å²) in [5.74, 6) is 6.96. The van der Waals surface area contributed by atoms with Gasteiger partial charge in [0, 0.05) is 43.3 Å². The van der Waals surface area contributed by atoms with Crippen molar-refractivity contribution in [2.75, 3.05) is 5.75 Å². The van der Waals surface area contributed by atoms with Crippen LogP contribution in [0.15, 0.2) is 15.9 Å². The molecule has 1 aliphatic heterocycles. The van der Waals surface area contributed by atoms with Crippen LogP contribution in [-0.2, 0) is 6.42 Å². The van der Waals surface area contributed by atoms with Crippen molar-refractivity contribution in [2.45, 2.75) is 42.1 Å². The van der Waals surface area contributed by atoms with E-state index < -0.39 is 0 Å². The van der Waals surface area contributed by atoms with Crippen LogP contribution in [0.5, 0.6) is 0 Å². The van der Waals surface area contributed by atoms with Crippen molar-refractivity contribution >= 4 is 50.8 Å². The maximum Gasteiger partial charge on any atom is 0.0386 e. The van der Waals surface area contributed by atoms with Gasteiger partial charge in [0.25, 0.3) is 0 Å². The van der Waals surface area contributed by atoms with Gasteiger partial charge in [-0.05, 0) is 27.4 Å². The second-order valence-electron chi connectivity index (χ2n) is 4.59. The predicted octanol–water partition coefficient (Wildman–Crippen LogP) is 3.51. The lowest BCUT2D eigenvalue weighted by molar-refractivity contribution is 0.523. The van der Waals surface area contributed by atoms with Crippen LogP contribution in [0, 0.1) is 0 Å². The Morgan fingerprint density at radius 2 is 2.28 bits per heavy atom. The summed E-state index contributed by atoms with van der Waals surface area (Å²) in [6.45, 7) is 4.64. The lowest BCUT2D eigenvalue weighted by Gasteiger charge is -2.35. The number of thiophene rings is 1. The number of hydrazine groups is 1. The molecule has 6 heteroatoms. The fraction of sp³-hybridized carbons (Fsp3) is 0.667. The Kier molecular flexibility index (Phi) is 5.90. The normalized spacial score (nSPS) is 30.3. The Hall–Kier alpha value is 0.800. The van der Waals surface area contributed by atoms with Gasteiger partial charge in [-0.3, -0.25) is 11.3 Å². The quantitative estimate of drug-likeness (QED) is 0.631. The van der Waals surface area contributed by atoms with Crippen molar-refractivity contribution in [3.63, 3.8) is 0 Å². The van der Waals surface area contributed by atoms with E-state index in [1.165, 1.54) is 15.1 Å². The first kappa shape index (κ1) is 15.2. The van der Waals surface area contributed by atoms with Crippen LogP contribution in [0.3, 0.4) is 0 Å². The van der Waals surface area contributed by atoms with Crippen LogP contribution in [0.1, 0.15) is 18.7 Å². The molecule has 2 nitrogen and oxygen atoms in total. The molecule has 2 rings (SSSR count). The number of nitrogens with one attached hydrogen (secondary N) is 1. The number of nitrogens with two attached hydrogens (primary N) is 1. The van der Waals surface area contributed by atoms with Gasteiger partial charge in [0.1, 0.15) is 0 Å². The molecule has 0 spiro atoms. The summed E-state index contributed by atoms with van der Waals surface area (Å²) in [4.78, 5) is 1.38. The molecule has 102 valence electrons. The highest BCUT2D eigenvalue weighted by Crippen LogP contribution is 2.38. The number of hydrogen-bond acceptors (Lipinski definition) is 5. The summed E-state index contributed by atoms with van der Waals surface area (Å²) in [6.07, 6.45) is 1.01. The van der Waals surface area contributed by atoms with E-state index in [-0.39, 0.29) is 0 Å². The van der Waals surface area contributed by atoms with Crippen molar-refractivity contribution < 1.29 is 0 Å². The van der Waals surface area contributed by atoms with Crippen molar-refractivity contribution in [3.8, 4) is 0 Å². The summed E-state index contributed by atoms with van der Waals surface area (Å²) < 4.78 is 1.21. The lowest BCUT2D eigenvalue weighted by Crippen LogP contribution is -2.47. The molecule has 0 aromatic carbocycles. The average molecular weight is 367 g/mol. The minimum Gasteiger partial charge on any atom is -0.271 e. The van der Waals surface area contributed by atoms with Gasteiger partial charge >= 0.3 is 0 Å². The van der Waals surface area contributed by atoms with Crippen molar-refractivity contribution in [1.82, 2.24) is 5.43 Å². The molecule has 0 bridgehead atoms. The van der Waals surface area contributed by atoms with Gasteiger partial charge in [-0.1, -0.05) is 13.8 Å². The van der Waals surface area contributed by atoms with Crippen molar-refractivity contribution in [3.05, 3.63) is 20.8 Å². The third-order valence-electron chi connectivity index (χ3n) is 3.33. The van der Waals surface area contributed by atoms with Crippen LogP contribution in [0.25, 0.3) is 0 Å². The zero-order valence-corrected chi connectivity index (χ0v) is 14.6. The summed E-state index contributed by atoms with van der Waals surface area (Å²) >= 11 is 9.55. The molecule has 1 fully saturated rings. The highest BCUT2D eigenvalue weighted by molar-refractivity contribution is 9.10. The maximum atomic E-state index is 5.77. The number of rotatable bonds is 4. The SMILES string of the molecule is CC1SCC(C(Cc2sccc2Br)NN)SC1C. The lowest BCUT2D eigenvalue weighted by atomic mass is 10.1. The van der Waals surface area contributed by atoms with Crippen LogP contribution in [0.2, 0.25) is 0 Å². The van der Waals surface area contributed by atoms with Crippen LogP contribution >= 0.6 is 50.8 Å². The predicted molar refractivity (Wildman–Crippen MR) is 89.6 cm³/mol. The minimum atomic E-state index is 0.354. The first-order chi connectivity index (χ1) is 8.61. The molecule has 3 N–H and O–H groups in total. The van der Waals surface area contributed by atoms with E-state index in [1.54, 1.807) is 11.3 Å². The fourth-order valence-electron chi connectivity index (χ4n) is 1.99. The smallest absolute Gasteiger partial charge is 0.0386 e. The number of thioether (sulfide) groups is 2. The first-order valence-electron chi connectivity index (χ1n) is 6.07. The Labute approximate surface area is 130 Å². The molecule has 1 aliphatic rings. The summed E-state index contributed by atoms with van der Waals surface area (Å²) in [7, 11) is 0. The van der Waals surface area contributed by atoms with E-state index in [0.29, 0.717) is 16.5 Å². The monoisotopic (exact) mass is 366 g/mol. The van der Waals surface area contributed by atoms with Gasteiger partial charge in [-0.2, -0.15) is 23.5 Å². The third kappa shape index (κ3) is 3.67. The van der Waals surface area contributed by atoms with Gasteiger partial charge in [0.05, 0.1) is 0 Å². The molecule has 1 aromatic rings. The summed E-state index contributed by atoms with van der Waals surface area (Å²) in [5.41, 5.74) is 3.02. The number of halogens is 1. The molecule has 0 amide bonds. The zero-order valence-electron chi connectivity index (χ0n) is 10.6. The first-order valence-corrected chi connectivity index (χ1v) is 9.73. The second kappa shape index (κ2) is 6.99. The van der Waals surface area contributed by atoms with Gasteiger partial charge in [-0.15, -0.1) is 11.3 Å².